The summed E-state index contributed by atoms with van der Waals surface area (Å²) in [7, 11) is 1.80. The van der Waals surface area contributed by atoms with E-state index in [4.69, 9.17) is 4.74 Å². The van der Waals surface area contributed by atoms with Gasteiger partial charge in [-0.2, -0.15) is 0 Å². The molecule has 0 spiro atoms. The van der Waals surface area contributed by atoms with E-state index in [2.05, 4.69) is 9.98 Å². The third-order valence-corrected chi connectivity index (χ3v) is 4.93. The molecule has 6 heteroatoms. The van der Waals surface area contributed by atoms with E-state index in [1.807, 2.05) is 60.7 Å². The summed E-state index contributed by atoms with van der Waals surface area (Å²) in [5, 5.41) is 11.7. The number of ketones is 1. The number of aliphatic imine (C=N–C) groups is 1. The Morgan fingerprint density at radius 1 is 1.13 bits per heavy atom. The zero-order chi connectivity index (χ0) is 20.9. The van der Waals surface area contributed by atoms with Gasteiger partial charge in [-0.05, 0) is 29.8 Å². The molecule has 0 amide bonds. The highest BCUT2D eigenvalue weighted by molar-refractivity contribution is 6.01. The summed E-state index contributed by atoms with van der Waals surface area (Å²) in [4.78, 5) is 22.2. The molecule has 0 bridgehead atoms. The Labute approximate surface area is 175 Å². The lowest BCUT2D eigenvalue weighted by atomic mass is 10.1. The zero-order valence-electron chi connectivity index (χ0n) is 16.7. The first kappa shape index (κ1) is 19.8. The lowest BCUT2D eigenvalue weighted by Gasteiger charge is -2.24. The molecule has 1 aliphatic heterocycles. The van der Waals surface area contributed by atoms with Crippen LogP contribution in [-0.2, 0) is 11.4 Å². The van der Waals surface area contributed by atoms with Crippen LogP contribution in [-0.4, -0.2) is 40.6 Å². The van der Waals surface area contributed by atoms with Gasteiger partial charge in [0, 0.05) is 37.7 Å². The van der Waals surface area contributed by atoms with Gasteiger partial charge in [0.2, 0.25) is 0 Å². The minimum Gasteiger partial charge on any atom is -0.487 e. The Kier molecular flexibility index (Phi) is 5.86. The van der Waals surface area contributed by atoms with Gasteiger partial charge in [0.25, 0.3) is 0 Å². The van der Waals surface area contributed by atoms with Gasteiger partial charge in [-0.25, -0.2) is 9.98 Å². The van der Waals surface area contributed by atoms with Gasteiger partial charge in [-0.1, -0.05) is 36.4 Å². The topological polar surface area (TPSA) is 75.0 Å². The number of pyridine rings is 1. The lowest BCUT2D eigenvalue weighted by Crippen LogP contribution is -2.25. The molecule has 0 aliphatic carbocycles. The van der Waals surface area contributed by atoms with Crippen molar-refractivity contribution in [1.82, 2.24) is 9.88 Å². The molecule has 0 fully saturated rings. The number of hydrogen-bond donors (Lipinski definition) is 1. The predicted molar refractivity (Wildman–Crippen MR) is 116 cm³/mol. The van der Waals surface area contributed by atoms with Crippen molar-refractivity contribution < 1.29 is 14.6 Å². The molecule has 0 unspecified atom stereocenters. The van der Waals surface area contributed by atoms with Crippen LogP contribution in [0.4, 0.5) is 0 Å². The average molecular weight is 401 g/mol. The first-order chi connectivity index (χ1) is 14.6. The number of nitrogens with zero attached hydrogens (tertiary/aromatic N) is 3. The number of aromatic nitrogens is 1. The van der Waals surface area contributed by atoms with Crippen LogP contribution in [0.2, 0.25) is 0 Å². The van der Waals surface area contributed by atoms with Crippen LogP contribution in [0.25, 0.3) is 10.9 Å². The number of allylic oxidation sites excluding steroid dienone is 1. The number of carbonyl (C=O) groups excluding carboxylic acids is 1. The molecule has 152 valence electrons. The second-order valence-electron chi connectivity index (χ2n) is 7.24. The smallest absolute Gasteiger partial charge is 0.164 e. The van der Waals surface area contributed by atoms with Gasteiger partial charge < -0.3 is 14.7 Å². The third kappa shape index (κ3) is 4.72. The maximum absolute atomic E-state index is 11.6. The van der Waals surface area contributed by atoms with Gasteiger partial charge in [0.1, 0.15) is 18.2 Å². The van der Waals surface area contributed by atoms with Gasteiger partial charge in [0.15, 0.2) is 5.78 Å². The van der Waals surface area contributed by atoms with E-state index in [0.717, 1.165) is 22.2 Å². The van der Waals surface area contributed by atoms with Crippen LogP contribution in [0.1, 0.15) is 23.8 Å². The second-order valence-corrected chi connectivity index (χ2v) is 7.24. The summed E-state index contributed by atoms with van der Waals surface area (Å²) in [6.07, 6.45) is 2.68. The van der Waals surface area contributed by atoms with Crippen LogP contribution < -0.4 is 4.74 Å². The molecule has 1 N–H and O–H groups in total. The fraction of sp³-hybridized carbons (Fsp3) is 0.208. The minimum absolute atomic E-state index is 0.0130. The highest BCUT2D eigenvalue weighted by Gasteiger charge is 2.16. The number of para-hydroxylation sites is 1. The molecular formula is C24H23N3O3. The summed E-state index contributed by atoms with van der Waals surface area (Å²) < 4.78 is 5.90. The normalized spacial score (nSPS) is 14.5. The molecule has 2 aromatic carbocycles. The maximum Gasteiger partial charge on any atom is 0.164 e. The summed E-state index contributed by atoms with van der Waals surface area (Å²) in [5.74, 6) is 1.23. The van der Waals surface area contributed by atoms with Crippen molar-refractivity contribution in [3.63, 3.8) is 0 Å². The van der Waals surface area contributed by atoms with Crippen molar-refractivity contribution in [3.8, 4) is 5.75 Å². The van der Waals surface area contributed by atoms with Gasteiger partial charge in [-0.3, -0.25) is 4.79 Å². The SMILES string of the molecule is CN(C[C@H](O)c1cccc(OCc2ccc3ccccc3n2)c1)C1=CC(=O)CC=N1. The Morgan fingerprint density at radius 2 is 2.00 bits per heavy atom. The van der Waals surface area contributed by atoms with E-state index in [0.29, 0.717) is 31.1 Å². The predicted octanol–water partition coefficient (Wildman–Crippen LogP) is 3.66. The van der Waals surface area contributed by atoms with Crippen molar-refractivity contribution in [2.45, 2.75) is 19.1 Å². The molecule has 3 aromatic rings. The van der Waals surface area contributed by atoms with Crippen LogP contribution in [0.15, 0.2) is 77.6 Å². The largest absolute Gasteiger partial charge is 0.487 e. The number of ether oxygens (including phenoxy) is 1. The van der Waals surface area contributed by atoms with Crippen LogP contribution in [0.5, 0.6) is 5.75 Å². The van der Waals surface area contributed by atoms with E-state index >= 15 is 0 Å². The van der Waals surface area contributed by atoms with Crippen molar-refractivity contribution in [1.29, 1.82) is 0 Å². The molecule has 0 radical (unpaired) electrons. The first-order valence-corrected chi connectivity index (χ1v) is 9.82. The number of rotatable bonds is 7. The second kappa shape index (κ2) is 8.88. The first-order valence-electron chi connectivity index (χ1n) is 9.82. The van der Waals surface area contributed by atoms with E-state index in [9.17, 15) is 9.90 Å². The molecule has 6 nitrogen and oxygen atoms in total. The number of aliphatic hydroxyl groups is 1. The van der Waals surface area contributed by atoms with Crippen LogP contribution in [0, 0.1) is 0 Å². The number of likely N-dealkylation sites (N-methyl/N-ethyl adjacent to an activating group) is 1. The molecule has 2 heterocycles. The lowest BCUT2D eigenvalue weighted by molar-refractivity contribution is -0.113. The summed E-state index contributed by atoms with van der Waals surface area (Å²) in [5.41, 5.74) is 2.51. The Hall–Kier alpha value is -3.51. The Balaban J connectivity index is 1.40. The number of benzene rings is 2. The van der Waals surface area contributed by atoms with Crippen molar-refractivity contribution >= 4 is 22.9 Å². The molecule has 1 atom stereocenters. The van der Waals surface area contributed by atoms with Crippen LogP contribution in [0.3, 0.4) is 0 Å². The Bertz CT molecular complexity index is 1120. The van der Waals surface area contributed by atoms with Crippen molar-refractivity contribution in [3.05, 3.63) is 83.8 Å². The molecule has 4 rings (SSSR count). The van der Waals surface area contributed by atoms with E-state index in [1.54, 1.807) is 18.2 Å². The average Bonchev–Trinajstić information content (AvgIpc) is 2.77. The number of fused-ring (bicyclic) bond motifs is 1. The van der Waals surface area contributed by atoms with Gasteiger partial charge >= 0.3 is 0 Å². The number of carbonyl (C=O) groups is 1. The van der Waals surface area contributed by atoms with Gasteiger partial charge in [0.05, 0.1) is 17.3 Å². The summed E-state index contributed by atoms with van der Waals surface area (Å²) in [6.45, 7) is 0.653. The quantitative estimate of drug-likeness (QED) is 0.654. The fourth-order valence-corrected chi connectivity index (χ4v) is 3.29. The van der Waals surface area contributed by atoms with E-state index in [-0.39, 0.29) is 5.78 Å². The molecular weight excluding hydrogens is 378 g/mol. The number of aliphatic hydroxyl groups excluding tert-OH is 1. The molecule has 0 saturated heterocycles. The zero-order valence-corrected chi connectivity index (χ0v) is 16.7. The minimum atomic E-state index is -0.745. The molecule has 0 saturated carbocycles. The van der Waals surface area contributed by atoms with Gasteiger partial charge in [-0.15, -0.1) is 0 Å². The molecule has 1 aromatic heterocycles. The van der Waals surface area contributed by atoms with E-state index in [1.165, 1.54) is 6.08 Å². The van der Waals surface area contributed by atoms with Crippen molar-refractivity contribution in [2.75, 3.05) is 13.6 Å². The highest BCUT2D eigenvalue weighted by atomic mass is 16.5. The molecule has 30 heavy (non-hydrogen) atoms. The fourth-order valence-electron chi connectivity index (χ4n) is 3.29. The maximum atomic E-state index is 11.6. The standard InChI is InChI=1S/C24H23N3O3/c1-27(24-14-20(28)11-12-25-24)15-23(29)18-6-4-7-21(13-18)30-16-19-10-9-17-5-2-3-8-22(17)26-19/h2-10,12-14,23,29H,11,15-16H2,1H3/t23-/m0/s1. The monoisotopic (exact) mass is 401 g/mol. The van der Waals surface area contributed by atoms with Crippen LogP contribution >= 0.6 is 0 Å². The molecule has 1 aliphatic rings. The van der Waals surface area contributed by atoms with Crippen molar-refractivity contribution in [2.24, 2.45) is 4.99 Å². The highest BCUT2D eigenvalue weighted by Crippen LogP contribution is 2.22. The number of hydrogen-bond acceptors (Lipinski definition) is 6. The summed E-state index contributed by atoms with van der Waals surface area (Å²) >= 11 is 0. The summed E-state index contributed by atoms with van der Waals surface area (Å²) in [6, 6.07) is 19.3. The van der Waals surface area contributed by atoms with E-state index < -0.39 is 6.10 Å². The third-order valence-electron chi connectivity index (χ3n) is 4.93. The Morgan fingerprint density at radius 3 is 2.87 bits per heavy atom.